The van der Waals surface area contributed by atoms with Gasteiger partial charge in [0.15, 0.2) is 0 Å². The van der Waals surface area contributed by atoms with Crippen LogP contribution in [0.15, 0.2) is 42.5 Å². The van der Waals surface area contributed by atoms with Gasteiger partial charge in [0.1, 0.15) is 0 Å². The summed E-state index contributed by atoms with van der Waals surface area (Å²) in [6, 6.07) is 9.72. The van der Waals surface area contributed by atoms with Crippen molar-refractivity contribution in [3.63, 3.8) is 0 Å². The molecular formula is C13H16O2. The molecule has 0 aliphatic heterocycles. The van der Waals surface area contributed by atoms with Crippen LogP contribution in [0.4, 0.5) is 0 Å². The zero-order valence-corrected chi connectivity index (χ0v) is 9.05. The van der Waals surface area contributed by atoms with E-state index in [-0.39, 0.29) is 5.92 Å². The van der Waals surface area contributed by atoms with E-state index in [4.69, 9.17) is 5.11 Å². The van der Waals surface area contributed by atoms with E-state index < -0.39 is 11.9 Å². The van der Waals surface area contributed by atoms with Crippen LogP contribution < -0.4 is 0 Å². The minimum absolute atomic E-state index is 0.0475. The maximum atomic E-state index is 11.0. The summed E-state index contributed by atoms with van der Waals surface area (Å²) in [6.45, 7) is 3.64. The van der Waals surface area contributed by atoms with Gasteiger partial charge in [-0.25, -0.2) is 0 Å². The highest BCUT2D eigenvalue weighted by atomic mass is 16.4. The Balaban J connectivity index is 2.98. The highest BCUT2D eigenvalue weighted by Gasteiger charge is 2.22. The van der Waals surface area contributed by atoms with Gasteiger partial charge in [0, 0.05) is 5.92 Å². The van der Waals surface area contributed by atoms with Crippen molar-refractivity contribution in [1.82, 2.24) is 0 Å². The van der Waals surface area contributed by atoms with Gasteiger partial charge in [-0.2, -0.15) is 0 Å². The molecule has 1 aromatic carbocycles. The maximum Gasteiger partial charge on any atom is 0.307 e. The predicted octanol–water partition coefficient (Wildman–Crippen LogP) is 3.07. The second-order valence-electron chi connectivity index (χ2n) is 3.59. The molecule has 0 saturated carbocycles. The first-order valence-electron chi connectivity index (χ1n) is 5.07. The number of hydrogen-bond acceptors (Lipinski definition) is 1. The molecule has 0 fully saturated rings. The standard InChI is InChI=1S/C13H16O2/c1-3-7-12(10(2)13(14)15)11-8-5-4-6-9-11/h3-10,12H,1-2H3,(H,14,15)/b7-3+. The molecule has 0 aliphatic carbocycles. The molecule has 2 nitrogen and oxygen atoms in total. The SMILES string of the molecule is C/C=C/C(c1ccccc1)C(C)C(=O)O. The zero-order valence-electron chi connectivity index (χ0n) is 9.05. The Hall–Kier alpha value is -1.57. The molecule has 15 heavy (non-hydrogen) atoms. The molecule has 2 atom stereocenters. The summed E-state index contributed by atoms with van der Waals surface area (Å²) in [7, 11) is 0. The highest BCUT2D eigenvalue weighted by Crippen LogP contribution is 2.26. The largest absolute Gasteiger partial charge is 0.481 e. The summed E-state index contributed by atoms with van der Waals surface area (Å²) >= 11 is 0. The lowest BCUT2D eigenvalue weighted by atomic mass is 9.87. The van der Waals surface area contributed by atoms with Crippen LogP contribution >= 0.6 is 0 Å². The van der Waals surface area contributed by atoms with Crippen molar-refractivity contribution in [2.45, 2.75) is 19.8 Å². The van der Waals surface area contributed by atoms with Crippen LogP contribution in [-0.4, -0.2) is 11.1 Å². The molecule has 80 valence electrons. The van der Waals surface area contributed by atoms with Gasteiger partial charge >= 0.3 is 5.97 Å². The van der Waals surface area contributed by atoms with Crippen LogP contribution in [0.2, 0.25) is 0 Å². The zero-order chi connectivity index (χ0) is 11.3. The number of carboxylic acid groups (broad SMARTS) is 1. The Labute approximate surface area is 90.3 Å². The van der Waals surface area contributed by atoms with Gasteiger partial charge in [-0.05, 0) is 12.5 Å². The summed E-state index contributed by atoms with van der Waals surface area (Å²) < 4.78 is 0. The number of aliphatic carboxylic acids is 1. The smallest absolute Gasteiger partial charge is 0.307 e. The first-order valence-corrected chi connectivity index (χ1v) is 5.07. The molecule has 1 aromatic rings. The van der Waals surface area contributed by atoms with Gasteiger partial charge < -0.3 is 5.11 Å². The Morgan fingerprint density at radius 2 is 1.93 bits per heavy atom. The normalized spacial score (nSPS) is 15.1. The summed E-state index contributed by atoms with van der Waals surface area (Å²) in [5.41, 5.74) is 1.05. The van der Waals surface area contributed by atoms with E-state index in [2.05, 4.69) is 0 Å². The summed E-state index contributed by atoms with van der Waals surface area (Å²) in [4.78, 5) is 11.0. The first-order chi connectivity index (χ1) is 7.16. The fraction of sp³-hybridized carbons (Fsp3) is 0.308. The average Bonchev–Trinajstić information content (AvgIpc) is 2.26. The van der Waals surface area contributed by atoms with Crippen LogP contribution in [0.1, 0.15) is 25.3 Å². The molecular weight excluding hydrogens is 188 g/mol. The maximum absolute atomic E-state index is 11.0. The van der Waals surface area contributed by atoms with E-state index in [0.717, 1.165) is 5.56 Å². The fourth-order valence-corrected chi connectivity index (χ4v) is 1.60. The Morgan fingerprint density at radius 1 is 1.33 bits per heavy atom. The van der Waals surface area contributed by atoms with E-state index in [9.17, 15) is 4.79 Å². The lowest BCUT2D eigenvalue weighted by Gasteiger charge is -2.17. The van der Waals surface area contributed by atoms with Crippen molar-refractivity contribution in [3.8, 4) is 0 Å². The molecule has 2 heteroatoms. The van der Waals surface area contributed by atoms with Crippen LogP contribution in [0.5, 0.6) is 0 Å². The van der Waals surface area contributed by atoms with Gasteiger partial charge in [-0.15, -0.1) is 0 Å². The third-order valence-electron chi connectivity index (χ3n) is 2.51. The molecule has 0 amide bonds. The van der Waals surface area contributed by atoms with Crippen molar-refractivity contribution < 1.29 is 9.90 Å². The van der Waals surface area contributed by atoms with Gasteiger partial charge in [-0.3, -0.25) is 4.79 Å². The Kier molecular flexibility index (Phi) is 4.10. The highest BCUT2D eigenvalue weighted by molar-refractivity contribution is 5.71. The molecule has 2 unspecified atom stereocenters. The minimum atomic E-state index is -0.762. The summed E-state index contributed by atoms with van der Waals surface area (Å²) in [5.74, 6) is -1.21. The number of rotatable bonds is 4. The van der Waals surface area contributed by atoms with Crippen molar-refractivity contribution in [1.29, 1.82) is 0 Å². The Bertz CT molecular complexity index is 341. The third-order valence-corrected chi connectivity index (χ3v) is 2.51. The topological polar surface area (TPSA) is 37.3 Å². The quantitative estimate of drug-likeness (QED) is 0.765. The summed E-state index contributed by atoms with van der Waals surface area (Å²) in [6.07, 6.45) is 3.84. The molecule has 0 bridgehead atoms. The number of carboxylic acids is 1. The van der Waals surface area contributed by atoms with Crippen LogP contribution in [0, 0.1) is 5.92 Å². The van der Waals surface area contributed by atoms with Gasteiger partial charge in [-0.1, -0.05) is 49.4 Å². The van der Waals surface area contributed by atoms with Crippen molar-refractivity contribution in [2.24, 2.45) is 5.92 Å². The second-order valence-corrected chi connectivity index (χ2v) is 3.59. The predicted molar refractivity (Wildman–Crippen MR) is 60.8 cm³/mol. The van der Waals surface area contributed by atoms with E-state index in [1.807, 2.05) is 49.4 Å². The van der Waals surface area contributed by atoms with Crippen molar-refractivity contribution in [2.75, 3.05) is 0 Å². The molecule has 0 aromatic heterocycles. The monoisotopic (exact) mass is 204 g/mol. The minimum Gasteiger partial charge on any atom is -0.481 e. The first kappa shape index (κ1) is 11.5. The molecule has 0 aliphatic rings. The van der Waals surface area contributed by atoms with E-state index in [0.29, 0.717) is 0 Å². The lowest BCUT2D eigenvalue weighted by Crippen LogP contribution is -2.17. The van der Waals surface area contributed by atoms with Crippen molar-refractivity contribution >= 4 is 5.97 Å². The second kappa shape index (κ2) is 5.35. The molecule has 0 saturated heterocycles. The molecule has 0 radical (unpaired) electrons. The van der Waals surface area contributed by atoms with Gasteiger partial charge in [0.05, 0.1) is 5.92 Å². The van der Waals surface area contributed by atoms with Crippen LogP contribution in [-0.2, 0) is 4.79 Å². The number of hydrogen-bond donors (Lipinski definition) is 1. The van der Waals surface area contributed by atoms with E-state index >= 15 is 0 Å². The number of benzene rings is 1. The average molecular weight is 204 g/mol. The molecule has 1 rings (SSSR count). The molecule has 0 heterocycles. The number of carbonyl (C=O) groups is 1. The van der Waals surface area contributed by atoms with Crippen LogP contribution in [0.25, 0.3) is 0 Å². The van der Waals surface area contributed by atoms with Crippen LogP contribution in [0.3, 0.4) is 0 Å². The van der Waals surface area contributed by atoms with Gasteiger partial charge in [0.25, 0.3) is 0 Å². The van der Waals surface area contributed by atoms with E-state index in [1.165, 1.54) is 0 Å². The van der Waals surface area contributed by atoms with Gasteiger partial charge in [0.2, 0.25) is 0 Å². The number of allylic oxidation sites excluding steroid dienone is 2. The molecule has 0 spiro atoms. The fourth-order valence-electron chi connectivity index (χ4n) is 1.60. The van der Waals surface area contributed by atoms with Crippen molar-refractivity contribution in [3.05, 3.63) is 48.0 Å². The third kappa shape index (κ3) is 2.94. The lowest BCUT2D eigenvalue weighted by molar-refractivity contribution is -0.141. The molecule has 1 N–H and O–H groups in total. The Morgan fingerprint density at radius 3 is 2.40 bits per heavy atom. The van der Waals surface area contributed by atoms with E-state index in [1.54, 1.807) is 6.92 Å². The summed E-state index contributed by atoms with van der Waals surface area (Å²) in [5, 5.41) is 9.01.